The van der Waals surface area contributed by atoms with E-state index >= 15 is 0 Å². The van der Waals surface area contributed by atoms with Crippen LogP contribution in [-0.2, 0) is 14.4 Å². The van der Waals surface area contributed by atoms with E-state index in [2.05, 4.69) is 0 Å². The Bertz CT molecular complexity index is 931. The molecule has 26 heavy (non-hydrogen) atoms. The van der Waals surface area contributed by atoms with Crippen molar-refractivity contribution in [3.8, 4) is 0 Å². The van der Waals surface area contributed by atoms with Gasteiger partial charge in [0.25, 0.3) is 7.11 Å². The van der Waals surface area contributed by atoms with Gasteiger partial charge in [-0.15, -0.1) is 0 Å². The quantitative estimate of drug-likeness (QED) is 0.465. The molecule has 138 valence electrons. The molecule has 0 unspecified atom stereocenters. The maximum absolute atomic E-state index is 13.3. The lowest BCUT2D eigenvalue weighted by Gasteiger charge is -2.36. The summed E-state index contributed by atoms with van der Waals surface area (Å²) in [6.07, 6.45) is 5.83. The zero-order chi connectivity index (χ0) is 19.2. The highest BCUT2D eigenvalue weighted by molar-refractivity contribution is 14.1. The lowest BCUT2D eigenvalue weighted by molar-refractivity contribution is -0.417. The van der Waals surface area contributed by atoms with Crippen LogP contribution >= 0.6 is 22.6 Å². The van der Waals surface area contributed by atoms with Crippen molar-refractivity contribution in [2.24, 2.45) is 0 Å². The van der Waals surface area contributed by atoms with Gasteiger partial charge in [-0.2, -0.15) is 17.5 Å². The number of benzene rings is 1. The second-order valence-electron chi connectivity index (χ2n) is 5.70. The fourth-order valence-corrected chi connectivity index (χ4v) is 5.55. The average molecular weight is 496 g/mol. The van der Waals surface area contributed by atoms with Crippen molar-refractivity contribution in [2.45, 2.75) is 11.0 Å². The number of alkyl halides is 3. The summed E-state index contributed by atoms with van der Waals surface area (Å²) in [4.78, 5) is 0. The van der Waals surface area contributed by atoms with Crippen molar-refractivity contribution >= 4 is 44.0 Å². The highest BCUT2D eigenvalue weighted by Gasteiger charge is 2.59. The van der Waals surface area contributed by atoms with Gasteiger partial charge in [-0.05, 0) is 45.9 Å². The van der Waals surface area contributed by atoms with Gasteiger partial charge in [-0.25, -0.2) is 8.42 Å². The summed E-state index contributed by atoms with van der Waals surface area (Å²) in [7, 11) is -4.12. The molecule has 0 radical (unpaired) electrons. The highest BCUT2D eigenvalue weighted by atomic mass is 127. The number of hydrogen-bond acceptors (Lipinski definition) is 2. The van der Waals surface area contributed by atoms with Crippen molar-refractivity contribution in [2.75, 3.05) is 13.7 Å². The minimum Gasteiger partial charge on any atom is -0.258 e. The van der Waals surface area contributed by atoms with E-state index in [0.29, 0.717) is 24.8 Å². The molecule has 3 rings (SSSR count). The fraction of sp³-hybridized carbons (Fsp3) is 0.235. The monoisotopic (exact) mass is 496 g/mol. The Morgan fingerprint density at radius 2 is 1.73 bits per heavy atom. The molecule has 1 aromatic carbocycles. The largest absolute Gasteiger partial charge is 0.511 e. The van der Waals surface area contributed by atoms with Crippen LogP contribution < -0.4 is 0 Å². The Labute approximate surface area is 162 Å². The van der Waals surface area contributed by atoms with Crippen molar-refractivity contribution in [3.63, 3.8) is 0 Å². The Kier molecular flexibility index (Phi) is 4.91. The van der Waals surface area contributed by atoms with E-state index in [0.717, 1.165) is 0 Å². The number of ketones is 1. The Morgan fingerprint density at radius 3 is 2.23 bits per heavy atom. The van der Waals surface area contributed by atoms with Crippen molar-refractivity contribution in [1.29, 1.82) is 0 Å². The summed E-state index contributed by atoms with van der Waals surface area (Å²) in [5.41, 5.74) is -5.79. The standard InChI is InChI=1S/C17H14F3INO3S/c1-25-13-7-9-16(10-8-13)15(12-5-3-2-4-6-12)14(21)11-22(16)26(23,24)17(18,19)20/h2-10H,11H2,1H3/q+1. The van der Waals surface area contributed by atoms with E-state index in [1.54, 1.807) is 30.3 Å². The molecular weight excluding hydrogens is 482 g/mol. The molecule has 1 aromatic rings. The molecule has 0 amide bonds. The third-order valence-corrected chi connectivity index (χ3v) is 6.73. The maximum Gasteiger partial charge on any atom is 0.511 e. The van der Waals surface area contributed by atoms with Gasteiger partial charge in [-0.1, -0.05) is 30.3 Å². The summed E-state index contributed by atoms with van der Waals surface area (Å²) >= 11 is 1.91. The van der Waals surface area contributed by atoms with Crippen LogP contribution in [0.2, 0.25) is 0 Å². The van der Waals surface area contributed by atoms with Crippen LogP contribution in [0.15, 0.2) is 58.2 Å². The predicted octanol–water partition coefficient (Wildman–Crippen LogP) is 3.60. The molecule has 1 aliphatic heterocycles. The molecule has 0 bridgehead atoms. The van der Waals surface area contributed by atoms with Crippen molar-refractivity contribution in [3.05, 3.63) is 63.8 Å². The molecule has 1 aliphatic carbocycles. The summed E-state index contributed by atoms with van der Waals surface area (Å²) in [6, 6.07) is 8.78. The normalized spacial score (nSPS) is 24.0. The summed E-state index contributed by atoms with van der Waals surface area (Å²) in [6.45, 7) is -0.358. The van der Waals surface area contributed by atoms with Gasteiger partial charge in [0.15, 0.2) is 0 Å². The topological polar surface area (TPSA) is 48.7 Å². The van der Waals surface area contributed by atoms with Crippen molar-refractivity contribution < 1.29 is 26.0 Å². The minimum absolute atomic E-state index is 0.358. The highest BCUT2D eigenvalue weighted by Crippen LogP contribution is 2.49. The molecule has 0 N–H and O–H groups in total. The summed E-state index contributed by atoms with van der Waals surface area (Å²) < 4.78 is 70.5. The number of halogens is 4. The summed E-state index contributed by atoms with van der Waals surface area (Å²) in [5, 5.41) is 0. The van der Waals surface area contributed by atoms with Crippen LogP contribution in [0.25, 0.3) is 5.57 Å². The van der Waals surface area contributed by atoms with Crippen LogP contribution in [0.5, 0.6) is 0 Å². The van der Waals surface area contributed by atoms with Gasteiger partial charge >= 0.3 is 21.3 Å². The van der Waals surface area contributed by atoms with Crippen LogP contribution in [0.1, 0.15) is 5.56 Å². The van der Waals surface area contributed by atoms with Gasteiger partial charge in [-0.3, -0.25) is 4.42 Å². The SMILES string of the molecule is C[O+]=C1C=CC2(C=C1)C(c1ccccc1)=C(I)CN2S(=O)(=O)C(F)(F)F. The molecule has 0 saturated heterocycles. The van der Waals surface area contributed by atoms with Gasteiger partial charge in [0.05, 0.1) is 0 Å². The van der Waals surface area contributed by atoms with Crippen LogP contribution in [-0.4, -0.2) is 43.2 Å². The molecule has 0 fully saturated rings. The first-order valence-electron chi connectivity index (χ1n) is 7.46. The number of hydrogen-bond donors (Lipinski definition) is 0. The Balaban J connectivity index is 2.24. The van der Waals surface area contributed by atoms with E-state index < -0.39 is 21.1 Å². The first-order chi connectivity index (χ1) is 12.1. The number of rotatable bonds is 2. The molecule has 4 nitrogen and oxygen atoms in total. The van der Waals surface area contributed by atoms with Gasteiger partial charge in [0.2, 0.25) is 0 Å². The van der Waals surface area contributed by atoms with E-state index in [9.17, 15) is 21.6 Å². The second-order valence-corrected chi connectivity index (χ2v) is 8.86. The van der Waals surface area contributed by atoms with Crippen LogP contribution in [0.4, 0.5) is 13.2 Å². The smallest absolute Gasteiger partial charge is 0.258 e. The van der Waals surface area contributed by atoms with E-state index in [-0.39, 0.29) is 6.54 Å². The van der Waals surface area contributed by atoms with E-state index in [1.807, 2.05) is 22.6 Å². The lowest BCUT2D eigenvalue weighted by Crippen LogP contribution is -2.51. The molecule has 1 spiro atoms. The molecule has 2 aliphatic rings. The van der Waals surface area contributed by atoms with Crippen LogP contribution in [0.3, 0.4) is 0 Å². The number of carbonyl (C=O) groups excluding carboxylic acids is 1. The number of sulfonamides is 1. The molecule has 0 aromatic heterocycles. The van der Waals surface area contributed by atoms with Gasteiger partial charge in [0.1, 0.15) is 5.54 Å². The molecule has 9 heteroatoms. The van der Waals surface area contributed by atoms with E-state index in [1.165, 1.54) is 31.4 Å². The number of nitrogens with zero attached hydrogens (tertiary/aromatic N) is 1. The molecular formula is C17H14F3INO3S+. The number of allylic oxidation sites excluding steroid dienone is 2. The Morgan fingerprint density at radius 1 is 1.15 bits per heavy atom. The van der Waals surface area contributed by atoms with Crippen molar-refractivity contribution in [1.82, 2.24) is 4.31 Å². The minimum atomic E-state index is -5.55. The predicted molar refractivity (Wildman–Crippen MR) is 101 cm³/mol. The third-order valence-electron chi connectivity index (χ3n) is 4.25. The molecule has 0 saturated carbocycles. The zero-order valence-corrected chi connectivity index (χ0v) is 16.5. The first kappa shape index (κ1) is 19.3. The zero-order valence-electron chi connectivity index (χ0n) is 13.5. The fourth-order valence-electron chi connectivity index (χ4n) is 3.08. The summed E-state index contributed by atoms with van der Waals surface area (Å²) in [5.74, 6) is 0.425. The maximum atomic E-state index is 13.3. The second kappa shape index (κ2) is 6.61. The molecule has 1 heterocycles. The van der Waals surface area contributed by atoms with Gasteiger partial charge < -0.3 is 0 Å². The van der Waals surface area contributed by atoms with E-state index in [4.69, 9.17) is 4.42 Å². The average Bonchev–Trinajstić information content (AvgIpc) is 2.88. The molecule has 0 atom stereocenters. The lowest BCUT2D eigenvalue weighted by atomic mass is 9.83. The Hall–Kier alpha value is -1.46. The van der Waals surface area contributed by atoms with Gasteiger partial charge in [0, 0.05) is 22.3 Å². The van der Waals surface area contributed by atoms with Crippen LogP contribution in [0, 0.1) is 0 Å². The third kappa shape index (κ3) is 2.95. The first-order valence-corrected chi connectivity index (χ1v) is 9.98.